The summed E-state index contributed by atoms with van der Waals surface area (Å²) in [4.78, 5) is 4.67. The normalized spacial score (nSPS) is 20.6. The van der Waals surface area contributed by atoms with Crippen LogP contribution in [0.4, 0.5) is 5.82 Å². The van der Waals surface area contributed by atoms with Gasteiger partial charge in [0.05, 0.1) is 6.04 Å². The van der Waals surface area contributed by atoms with Crippen LogP contribution in [-0.2, 0) is 0 Å². The fraction of sp³-hybridized carbons (Fsp3) is 0.533. The Hall–Kier alpha value is -2.55. The van der Waals surface area contributed by atoms with Gasteiger partial charge in [-0.05, 0) is 26.0 Å². The van der Waals surface area contributed by atoms with Crippen molar-refractivity contribution in [3.63, 3.8) is 0 Å². The summed E-state index contributed by atoms with van der Waals surface area (Å²) in [7, 11) is 0. The summed E-state index contributed by atoms with van der Waals surface area (Å²) >= 11 is 0. The summed E-state index contributed by atoms with van der Waals surface area (Å²) in [5.41, 5.74) is 0.755. The van der Waals surface area contributed by atoms with Gasteiger partial charge in [0.2, 0.25) is 11.8 Å². The average molecular weight is 328 g/mol. The monoisotopic (exact) mass is 328 g/mol. The summed E-state index contributed by atoms with van der Waals surface area (Å²) in [6.45, 7) is 8.84. The molecular weight excluding hydrogens is 308 g/mol. The molecule has 9 heteroatoms. The SMILES string of the molecule is Cc1nnc([C@@H](C)N2CCN(c3ccc4nncn4n3)[C@@H](C)C2)o1. The van der Waals surface area contributed by atoms with E-state index in [9.17, 15) is 0 Å². The lowest BCUT2D eigenvalue weighted by molar-refractivity contribution is 0.152. The molecule has 24 heavy (non-hydrogen) atoms. The number of piperazine rings is 1. The van der Waals surface area contributed by atoms with Crippen LogP contribution < -0.4 is 4.90 Å². The van der Waals surface area contributed by atoms with E-state index in [1.54, 1.807) is 10.8 Å². The second kappa shape index (κ2) is 5.82. The van der Waals surface area contributed by atoms with E-state index < -0.39 is 0 Å². The van der Waals surface area contributed by atoms with Crippen molar-refractivity contribution in [1.29, 1.82) is 0 Å². The zero-order valence-electron chi connectivity index (χ0n) is 14.0. The van der Waals surface area contributed by atoms with Crippen LogP contribution in [0.1, 0.15) is 31.7 Å². The Bertz CT molecular complexity index is 843. The first-order valence-electron chi connectivity index (χ1n) is 8.09. The summed E-state index contributed by atoms with van der Waals surface area (Å²) in [6, 6.07) is 4.38. The van der Waals surface area contributed by atoms with E-state index >= 15 is 0 Å². The Balaban J connectivity index is 1.49. The van der Waals surface area contributed by atoms with E-state index in [0.717, 1.165) is 31.1 Å². The van der Waals surface area contributed by atoms with Gasteiger partial charge in [-0.1, -0.05) is 0 Å². The van der Waals surface area contributed by atoms with E-state index in [4.69, 9.17) is 4.42 Å². The van der Waals surface area contributed by atoms with Gasteiger partial charge >= 0.3 is 0 Å². The van der Waals surface area contributed by atoms with Gasteiger partial charge in [0.1, 0.15) is 12.1 Å². The Labute approximate surface area is 139 Å². The third-order valence-electron chi connectivity index (χ3n) is 4.55. The van der Waals surface area contributed by atoms with Crippen molar-refractivity contribution in [3.8, 4) is 0 Å². The first-order valence-corrected chi connectivity index (χ1v) is 8.09. The van der Waals surface area contributed by atoms with Crippen molar-refractivity contribution in [3.05, 3.63) is 30.2 Å². The predicted octanol–water partition coefficient (Wildman–Crippen LogP) is 1.09. The summed E-state index contributed by atoms with van der Waals surface area (Å²) in [5, 5.41) is 20.6. The number of hydrogen-bond acceptors (Lipinski definition) is 8. The number of hydrogen-bond donors (Lipinski definition) is 0. The molecule has 1 fully saturated rings. The standard InChI is InChI=1S/C15H20N8O/c1-10-8-21(11(2)15-19-17-12(3)24-15)6-7-22(10)14-5-4-13-18-16-9-23(13)20-14/h4-5,9-11H,6-8H2,1-3H3/t10-,11+/m0/s1. The van der Waals surface area contributed by atoms with Gasteiger partial charge in [0.25, 0.3) is 0 Å². The lowest BCUT2D eigenvalue weighted by Gasteiger charge is -2.42. The molecule has 4 heterocycles. The highest BCUT2D eigenvalue weighted by atomic mass is 16.4. The number of anilines is 1. The molecule has 0 bridgehead atoms. The largest absolute Gasteiger partial charge is 0.424 e. The molecule has 2 atom stereocenters. The molecule has 0 aromatic carbocycles. The highest BCUT2D eigenvalue weighted by molar-refractivity contribution is 5.46. The van der Waals surface area contributed by atoms with Gasteiger partial charge in [0.15, 0.2) is 5.65 Å². The van der Waals surface area contributed by atoms with Crippen molar-refractivity contribution in [2.75, 3.05) is 24.5 Å². The van der Waals surface area contributed by atoms with E-state index in [2.05, 4.69) is 49.1 Å². The van der Waals surface area contributed by atoms with Crippen LogP contribution in [0.15, 0.2) is 22.9 Å². The first-order chi connectivity index (χ1) is 11.6. The van der Waals surface area contributed by atoms with Gasteiger partial charge in [0, 0.05) is 32.6 Å². The molecule has 0 radical (unpaired) electrons. The molecule has 0 amide bonds. The van der Waals surface area contributed by atoms with Crippen LogP contribution in [0.2, 0.25) is 0 Å². The summed E-state index contributed by atoms with van der Waals surface area (Å²) in [5.74, 6) is 2.22. The molecule has 9 nitrogen and oxygen atoms in total. The molecule has 0 spiro atoms. The van der Waals surface area contributed by atoms with Crippen LogP contribution in [0.3, 0.4) is 0 Å². The molecule has 1 aliphatic rings. The lowest BCUT2D eigenvalue weighted by Crippen LogP contribution is -2.52. The number of rotatable bonds is 3. The lowest BCUT2D eigenvalue weighted by atomic mass is 10.1. The van der Waals surface area contributed by atoms with Crippen LogP contribution in [0.25, 0.3) is 5.65 Å². The Morgan fingerprint density at radius 1 is 1.21 bits per heavy atom. The maximum atomic E-state index is 5.58. The quantitative estimate of drug-likeness (QED) is 0.706. The Morgan fingerprint density at radius 3 is 2.83 bits per heavy atom. The van der Waals surface area contributed by atoms with Crippen molar-refractivity contribution < 1.29 is 4.42 Å². The average Bonchev–Trinajstić information content (AvgIpc) is 3.22. The minimum atomic E-state index is 0.115. The zero-order valence-corrected chi connectivity index (χ0v) is 14.0. The molecular formula is C15H20N8O. The van der Waals surface area contributed by atoms with E-state index in [0.29, 0.717) is 17.8 Å². The van der Waals surface area contributed by atoms with Crippen LogP contribution >= 0.6 is 0 Å². The molecule has 0 saturated carbocycles. The molecule has 4 rings (SSSR count). The molecule has 1 saturated heterocycles. The first kappa shape index (κ1) is 15.0. The van der Waals surface area contributed by atoms with Crippen molar-refractivity contribution in [2.24, 2.45) is 0 Å². The van der Waals surface area contributed by atoms with Gasteiger partial charge in [-0.2, -0.15) is 4.52 Å². The third kappa shape index (κ3) is 2.60. The topological polar surface area (TPSA) is 88.5 Å². The molecule has 1 aliphatic heterocycles. The van der Waals surface area contributed by atoms with Crippen LogP contribution in [0, 0.1) is 6.92 Å². The minimum Gasteiger partial charge on any atom is -0.424 e. The fourth-order valence-corrected chi connectivity index (χ4v) is 3.19. The maximum Gasteiger partial charge on any atom is 0.233 e. The second-order valence-electron chi connectivity index (χ2n) is 6.20. The van der Waals surface area contributed by atoms with Crippen molar-refractivity contribution in [2.45, 2.75) is 32.9 Å². The van der Waals surface area contributed by atoms with Gasteiger partial charge in [-0.15, -0.1) is 25.5 Å². The number of fused-ring (bicyclic) bond motifs is 1. The number of nitrogens with zero attached hydrogens (tertiary/aromatic N) is 8. The molecule has 0 unspecified atom stereocenters. The number of aromatic nitrogens is 6. The van der Waals surface area contributed by atoms with Crippen LogP contribution in [0.5, 0.6) is 0 Å². The van der Waals surface area contributed by atoms with E-state index in [-0.39, 0.29) is 6.04 Å². The fourth-order valence-electron chi connectivity index (χ4n) is 3.19. The maximum absolute atomic E-state index is 5.58. The predicted molar refractivity (Wildman–Crippen MR) is 86.6 cm³/mol. The summed E-state index contributed by atoms with van der Waals surface area (Å²) < 4.78 is 7.28. The second-order valence-corrected chi connectivity index (χ2v) is 6.20. The highest BCUT2D eigenvalue weighted by Crippen LogP contribution is 2.25. The van der Waals surface area contributed by atoms with Gasteiger partial charge < -0.3 is 9.32 Å². The molecule has 0 N–H and O–H groups in total. The summed E-state index contributed by atoms with van der Waals surface area (Å²) in [6.07, 6.45) is 1.62. The van der Waals surface area contributed by atoms with Crippen LogP contribution in [-0.4, -0.2) is 60.6 Å². The smallest absolute Gasteiger partial charge is 0.233 e. The van der Waals surface area contributed by atoms with Crippen molar-refractivity contribution >= 4 is 11.5 Å². The third-order valence-corrected chi connectivity index (χ3v) is 4.55. The minimum absolute atomic E-state index is 0.115. The zero-order chi connectivity index (χ0) is 16.7. The van der Waals surface area contributed by atoms with Gasteiger partial charge in [-0.3, -0.25) is 4.90 Å². The van der Waals surface area contributed by atoms with Gasteiger partial charge in [-0.25, -0.2) is 0 Å². The Morgan fingerprint density at radius 2 is 2.08 bits per heavy atom. The molecule has 126 valence electrons. The highest BCUT2D eigenvalue weighted by Gasteiger charge is 2.30. The van der Waals surface area contributed by atoms with E-state index in [1.807, 2.05) is 19.1 Å². The van der Waals surface area contributed by atoms with Crippen molar-refractivity contribution in [1.82, 2.24) is 34.9 Å². The Kier molecular flexibility index (Phi) is 3.64. The van der Waals surface area contributed by atoms with E-state index in [1.165, 1.54) is 0 Å². The molecule has 3 aromatic rings. The number of aryl methyl sites for hydroxylation is 1. The molecule has 0 aliphatic carbocycles. The molecule has 3 aromatic heterocycles.